The highest BCUT2D eigenvalue weighted by Gasteiger charge is 2.10. The number of carbonyl (C=O) groups is 1. The summed E-state index contributed by atoms with van der Waals surface area (Å²) in [6.45, 7) is 0. The van der Waals surface area contributed by atoms with Crippen molar-refractivity contribution in [2.75, 3.05) is 12.4 Å². The summed E-state index contributed by atoms with van der Waals surface area (Å²) in [5.74, 6) is 0.215. The molecule has 1 aromatic carbocycles. The van der Waals surface area contributed by atoms with Gasteiger partial charge in [0.1, 0.15) is 0 Å². The van der Waals surface area contributed by atoms with Gasteiger partial charge in [0.25, 0.3) is 5.91 Å². The Labute approximate surface area is 115 Å². The largest absolute Gasteiger partial charge is 0.481 e. The monoisotopic (exact) mass is 267 g/mol. The normalized spacial score (nSPS) is 10.4. The second-order valence-corrected chi connectivity index (χ2v) is 4.29. The van der Waals surface area contributed by atoms with Crippen LogP contribution < -0.4 is 10.1 Å². The van der Waals surface area contributed by atoms with Crippen molar-refractivity contribution < 1.29 is 9.53 Å². The molecule has 3 rings (SSSR count). The van der Waals surface area contributed by atoms with Crippen molar-refractivity contribution in [3.63, 3.8) is 0 Å². The molecular weight excluding hydrogens is 254 g/mol. The first-order valence-corrected chi connectivity index (χ1v) is 6.15. The van der Waals surface area contributed by atoms with Gasteiger partial charge in [0, 0.05) is 34.9 Å². The second kappa shape index (κ2) is 5.05. The average molecular weight is 267 g/mol. The van der Waals surface area contributed by atoms with Gasteiger partial charge >= 0.3 is 0 Å². The van der Waals surface area contributed by atoms with Gasteiger partial charge in [-0.3, -0.25) is 4.79 Å². The van der Waals surface area contributed by atoms with E-state index < -0.39 is 0 Å². The first kappa shape index (κ1) is 12.2. The van der Waals surface area contributed by atoms with E-state index in [0.29, 0.717) is 11.4 Å². The van der Waals surface area contributed by atoms with Crippen LogP contribution in [0.4, 0.5) is 5.69 Å². The minimum Gasteiger partial charge on any atom is -0.481 e. The van der Waals surface area contributed by atoms with E-state index in [9.17, 15) is 4.79 Å². The molecule has 2 N–H and O–H groups in total. The maximum Gasteiger partial charge on any atom is 0.255 e. The Bertz CT molecular complexity index is 764. The zero-order valence-corrected chi connectivity index (χ0v) is 10.9. The predicted molar refractivity (Wildman–Crippen MR) is 77.0 cm³/mol. The number of nitrogens with zero attached hydrogens (tertiary/aromatic N) is 1. The van der Waals surface area contributed by atoms with Crippen LogP contribution in [0.1, 0.15) is 10.4 Å². The van der Waals surface area contributed by atoms with Crippen LogP contribution in [0.25, 0.3) is 10.9 Å². The number of aromatic amines is 1. The van der Waals surface area contributed by atoms with Gasteiger partial charge in [0.05, 0.1) is 12.8 Å². The van der Waals surface area contributed by atoms with E-state index in [1.54, 1.807) is 24.5 Å². The topological polar surface area (TPSA) is 67.0 Å². The highest BCUT2D eigenvalue weighted by molar-refractivity contribution is 6.09. The second-order valence-electron chi connectivity index (χ2n) is 4.29. The van der Waals surface area contributed by atoms with Crippen molar-refractivity contribution in [1.82, 2.24) is 9.97 Å². The number of pyridine rings is 1. The minimum atomic E-state index is -0.199. The van der Waals surface area contributed by atoms with E-state index in [1.165, 1.54) is 7.11 Å². The Morgan fingerprint density at radius 3 is 3.00 bits per heavy atom. The highest BCUT2D eigenvalue weighted by Crippen LogP contribution is 2.23. The molecule has 0 fully saturated rings. The first-order valence-electron chi connectivity index (χ1n) is 6.15. The SMILES string of the molecule is COc1cc(C(=O)Nc2c[nH]c3ccccc23)ccn1. The van der Waals surface area contributed by atoms with Crippen molar-refractivity contribution in [2.45, 2.75) is 0 Å². The van der Waals surface area contributed by atoms with E-state index >= 15 is 0 Å². The van der Waals surface area contributed by atoms with Crippen LogP contribution >= 0.6 is 0 Å². The van der Waals surface area contributed by atoms with E-state index in [-0.39, 0.29) is 5.91 Å². The first-order chi connectivity index (χ1) is 9.78. The molecule has 0 spiro atoms. The van der Waals surface area contributed by atoms with Crippen molar-refractivity contribution >= 4 is 22.5 Å². The van der Waals surface area contributed by atoms with Gasteiger partial charge in [0.2, 0.25) is 5.88 Å². The van der Waals surface area contributed by atoms with Crippen LogP contribution in [-0.2, 0) is 0 Å². The number of H-pyrrole nitrogens is 1. The highest BCUT2D eigenvalue weighted by atomic mass is 16.5. The van der Waals surface area contributed by atoms with Gasteiger partial charge in [-0.1, -0.05) is 18.2 Å². The number of hydrogen-bond donors (Lipinski definition) is 2. The van der Waals surface area contributed by atoms with E-state index in [2.05, 4.69) is 15.3 Å². The number of ether oxygens (including phenoxy) is 1. The van der Waals surface area contributed by atoms with Gasteiger partial charge in [0.15, 0.2) is 0 Å². The summed E-state index contributed by atoms with van der Waals surface area (Å²) in [5, 5.41) is 3.85. The molecule has 0 saturated carbocycles. The number of methoxy groups -OCH3 is 1. The maximum atomic E-state index is 12.2. The molecule has 0 saturated heterocycles. The number of hydrogen-bond acceptors (Lipinski definition) is 3. The number of nitrogens with one attached hydrogen (secondary N) is 2. The van der Waals surface area contributed by atoms with Crippen molar-refractivity contribution in [1.29, 1.82) is 0 Å². The number of rotatable bonds is 3. The Kier molecular flexibility index (Phi) is 3.09. The minimum absolute atomic E-state index is 0.199. The maximum absolute atomic E-state index is 12.2. The summed E-state index contributed by atoms with van der Waals surface area (Å²) in [5.41, 5.74) is 2.23. The Hall–Kier alpha value is -2.82. The molecule has 2 aromatic heterocycles. The fourth-order valence-electron chi connectivity index (χ4n) is 2.03. The van der Waals surface area contributed by atoms with Crippen LogP contribution in [0.2, 0.25) is 0 Å². The fourth-order valence-corrected chi connectivity index (χ4v) is 2.03. The molecule has 0 atom stereocenters. The van der Waals surface area contributed by atoms with Crippen molar-refractivity contribution in [3.8, 4) is 5.88 Å². The van der Waals surface area contributed by atoms with Crippen molar-refractivity contribution in [2.24, 2.45) is 0 Å². The Morgan fingerprint density at radius 2 is 2.15 bits per heavy atom. The zero-order chi connectivity index (χ0) is 13.9. The van der Waals surface area contributed by atoms with Gasteiger partial charge in [-0.15, -0.1) is 0 Å². The standard InChI is InChI=1S/C15H13N3O2/c1-20-14-8-10(6-7-16-14)15(19)18-13-9-17-12-5-3-2-4-11(12)13/h2-9,17H,1H3,(H,18,19). The molecule has 5 nitrogen and oxygen atoms in total. The lowest BCUT2D eigenvalue weighted by atomic mass is 10.2. The molecule has 1 amide bonds. The quantitative estimate of drug-likeness (QED) is 0.766. The molecule has 0 aliphatic carbocycles. The smallest absolute Gasteiger partial charge is 0.255 e. The third kappa shape index (κ3) is 2.21. The molecule has 5 heteroatoms. The summed E-state index contributed by atoms with van der Waals surface area (Å²) in [6.07, 6.45) is 3.32. The van der Waals surface area contributed by atoms with Gasteiger partial charge in [-0.05, 0) is 12.1 Å². The number of benzene rings is 1. The molecule has 0 unspecified atom stereocenters. The summed E-state index contributed by atoms with van der Waals surface area (Å²) < 4.78 is 5.01. The number of amides is 1. The van der Waals surface area contributed by atoms with Crippen molar-refractivity contribution in [3.05, 3.63) is 54.4 Å². The van der Waals surface area contributed by atoms with Crippen LogP contribution in [-0.4, -0.2) is 23.0 Å². The zero-order valence-electron chi connectivity index (χ0n) is 10.9. The van der Waals surface area contributed by atoms with Gasteiger partial charge in [-0.25, -0.2) is 4.98 Å². The lowest BCUT2D eigenvalue weighted by Gasteiger charge is -2.05. The number of fused-ring (bicyclic) bond motifs is 1. The fraction of sp³-hybridized carbons (Fsp3) is 0.0667. The Balaban J connectivity index is 1.88. The third-order valence-corrected chi connectivity index (χ3v) is 3.04. The number of para-hydroxylation sites is 1. The average Bonchev–Trinajstić information content (AvgIpc) is 2.90. The molecule has 20 heavy (non-hydrogen) atoms. The Morgan fingerprint density at radius 1 is 1.30 bits per heavy atom. The van der Waals surface area contributed by atoms with E-state index in [0.717, 1.165) is 16.6 Å². The van der Waals surface area contributed by atoms with E-state index in [1.807, 2.05) is 24.3 Å². The molecule has 3 aromatic rings. The summed E-state index contributed by atoms with van der Waals surface area (Å²) in [4.78, 5) is 19.3. The summed E-state index contributed by atoms with van der Waals surface area (Å²) >= 11 is 0. The lowest BCUT2D eigenvalue weighted by Crippen LogP contribution is -2.11. The summed E-state index contributed by atoms with van der Waals surface area (Å²) in [7, 11) is 1.52. The van der Waals surface area contributed by atoms with Crippen LogP contribution in [0.5, 0.6) is 5.88 Å². The lowest BCUT2D eigenvalue weighted by molar-refractivity contribution is 0.102. The molecule has 0 bridgehead atoms. The predicted octanol–water partition coefficient (Wildman–Crippen LogP) is 2.82. The van der Waals surface area contributed by atoms with Gasteiger partial charge in [-0.2, -0.15) is 0 Å². The number of anilines is 1. The molecule has 0 aliphatic heterocycles. The third-order valence-electron chi connectivity index (χ3n) is 3.04. The van der Waals surface area contributed by atoms with Crippen LogP contribution in [0.15, 0.2) is 48.8 Å². The number of aromatic nitrogens is 2. The summed E-state index contributed by atoms with van der Waals surface area (Å²) in [6, 6.07) is 11.0. The molecule has 0 aliphatic rings. The van der Waals surface area contributed by atoms with Gasteiger partial charge < -0.3 is 15.0 Å². The number of carbonyl (C=O) groups excluding carboxylic acids is 1. The van der Waals surface area contributed by atoms with Crippen LogP contribution in [0, 0.1) is 0 Å². The molecular formula is C15H13N3O2. The molecule has 0 radical (unpaired) electrons. The molecule has 2 heterocycles. The van der Waals surface area contributed by atoms with E-state index in [4.69, 9.17) is 4.74 Å². The molecule has 100 valence electrons. The van der Waals surface area contributed by atoms with Crippen LogP contribution in [0.3, 0.4) is 0 Å².